The lowest BCUT2D eigenvalue weighted by Gasteiger charge is -2.16. The van der Waals surface area contributed by atoms with Crippen molar-refractivity contribution in [1.82, 2.24) is 0 Å². The van der Waals surface area contributed by atoms with Crippen LogP contribution in [0.1, 0.15) is 12.5 Å². The third-order valence-corrected chi connectivity index (χ3v) is 5.60. The first-order valence-corrected chi connectivity index (χ1v) is 9.28. The number of hydrogen-bond acceptors (Lipinski definition) is 4. The minimum Gasteiger partial charge on any atom is -0.452 e. The summed E-state index contributed by atoms with van der Waals surface area (Å²) in [5.41, 5.74) is 1.54. The first kappa shape index (κ1) is 18.1. The van der Waals surface area contributed by atoms with Crippen LogP contribution < -0.4 is 5.32 Å². The van der Waals surface area contributed by atoms with E-state index in [4.69, 9.17) is 27.9 Å². The Hall–Kier alpha value is -1.69. The van der Waals surface area contributed by atoms with Crippen LogP contribution in [-0.4, -0.2) is 23.2 Å². The average molecular weight is 396 g/mol. The van der Waals surface area contributed by atoms with Crippen molar-refractivity contribution in [2.75, 3.05) is 5.32 Å². The zero-order valence-electron chi connectivity index (χ0n) is 13.3. The van der Waals surface area contributed by atoms with Crippen LogP contribution >= 0.6 is 35.0 Å². The number of benzene rings is 2. The molecule has 0 fully saturated rings. The predicted octanol–water partition coefficient (Wildman–Crippen LogP) is 4.58. The highest BCUT2D eigenvalue weighted by atomic mass is 35.5. The topological polar surface area (TPSA) is 55.4 Å². The van der Waals surface area contributed by atoms with E-state index in [1.54, 1.807) is 12.1 Å². The van der Waals surface area contributed by atoms with Crippen molar-refractivity contribution < 1.29 is 14.3 Å². The highest BCUT2D eigenvalue weighted by molar-refractivity contribution is 8.01. The number of nitrogens with one attached hydrogen (secondary N) is 1. The minimum absolute atomic E-state index is 0.321. The van der Waals surface area contributed by atoms with E-state index >= 15 is 0 Å². The maximum Gasteiger partial charge on any atom is 0.320 e. The fourth-order valence-corrected chi connectivity index (χ4v) is 4.08. The Morgan fingerprint density at radius 1 is 1.24 bits per heavy atom. The summed E-state index contributed by atoms with van der Waals surface area (Å²) in [5.74, 6) is -0.843. The molecule has 2 aromatic carbocycles. The van der Waals surface area contributed by atoms with Crippen molar-refractivity contribution in [1.29, 1.82) is 0 Å². The molecule has 2 unspecified atom stereocenters. The first-order valence-electron chi connectivity index (χ1n) is 7.65. The summed E-state index contributed by atoms with van der Waals surface area (Å²) in [7, 11) is 0. The van der Waals surface area contributed by atoms with Crippen LogP contribution in [0.4, 0.5) is 5.69 Å². The van der Waals surface area contributed by atoms with Gasteiger partial charge in [0.2, 0.25) is 0 Å². The smallest absolute Gasteiger partial charge is 0.320 e. The maximum atomic E-state index is 12.3. The van der Waals surface area contributed by atoms with Gasteiger partial charge in [0.1, 0.15) is 5.25 Å². The lowest BCUT2D eigenvalue weighted by molar-refractivity contribution is -0.152. The Morgan fingerprint density at radius 3 is 2.72 bits per heavy atom. The summed E-state index contributed by atoms with van der Waals surface area (Å²) in [6.07, 6.45) is -0.319. The molecule has 0 spiro atoms. The molecule has 2 aromatic rings. The van der Waals surface area contributed by atoms with Gasteiger partial charge in [0, 0.05) is 9.92 Å². The lowest BCUT2D eigenvalue weighted by Crippen LogP contribution is -2.33. The van der Waals surface area contributed by atoms with Crippen molar-refractivity contribution in [3.8, 4) is 0 Å². The van der Waals surface area contributed by atoms with Crippen molar-refractivity contribution in [2.45, 2.75) is 29.6 Å². The van der Waals surface area contributed by atoms with Crippen molar-refractivity contribution in [3.05, 3.63) is 58.1 Å². The van der Waals surface area contributed by atoms with E-state index in [9.17, 15) is 9.59 Å². The van der Waals surface area contributed by atoms with Gasteiger partial charge in [-0.3, -0.25) is 9.59 Å². The van der Waals surface area contributed by atoms with Crippen LogP contribution in [0.2, 0.25) is 10.0 Å². The highest BCUT2D eigenvalue weighted by Crippen LogP contribution is 2.37. The molecule has 0 saturated heterocycles. The molecule has 7 heteroatoms. The van der Waals surface area contributed by atoms with Crippen molar-refractivity contribution in [2.24, 2.45) is 0 Å². The molecular weight excluding hydrogens is 381 g/mol. The number of esters is 1. The average Bonchev–Trinajstić information content (AvgIpc) is 3.01. The van der Waals surface area contributed by atoms with Gasteiger partial charge in [-0.15, -0.1) is 11.8 Å². The summed E-state index contributed by atoms with van der Waals surface area (Å²) in [5, 5.41) is 3.10. The van der Waals surface area contributed by atoms with Gasteiger partial charge in [0.25, 0.3) is 5.91 Å². The number of fused-ring (bicyclic) bond motifs is 1. The molecule has 25 heavy (non-hydrogen) atoms. The van der Waals surface area contributed by atoms with Crippen LogP contribution in [-0.2, 0) is 20.7 Å². The summed E-state index contributed by atoms with van der Waals surface area (Å²) >= 11 is 13.3. The monoisotopic (exact) mass is 395 g/mol. The van der Waals surface area contributed by atoms with E-state index in [0.29, 0.717) is 22.2 Å². The second kappa shape index (κ2) is 7.68. The molecule has 1 aliphatic rings. The Bertz CT molecular complexity index is 803. The predicted molar refractivity (Wildman–Crippen MR) is 100 cm³/mol. The number of carbonyl (C=O) groups is 2. The Morgan fingerprint density at radius 2 is 2.00 bits per heavy atom. The van der Waals surface area contributed by atoms with Gasteiger partial charge < -0.3 is 10.1 Å². The lowest BCUT2D eigenvalue weighted by atomic mass is 10.1. The van der Waals surface area contributed by atoms with Crippen LogP contribution in [0.5, 0.6) is 0 Å². The Labute approximate surface area is 159 Å². The zero-order valence-corrected chi connectivity index (χ0v) is 15.6. The van der Waals surface area contributed by atoms with E-state index < -0.39 is 18.0 Å². The number of halogens is 2. The first-order chi connectivity index (χ1) is 11.9. The molecule has 2 atom stereocenters. The molecule has 130 valence electrons. The molecule has 4 nitrogen and oxygen atoms in total. The van der Waals surface area contributed by atoms with Gasteiger partial charge in [-0.05, 0) is 43.2 Å². The fraction of sp³-hybridized carbons (Fsp3) is 0.222. The highest BCUT2D eigenvalue weighted by Gasteiger charge is 2.31. The number of rotatable bonds is 4. The number of ether oxygens (including phenoxy) is 1. The summed E-state index contributed by atoms with van der Waals surface area (Å²) in [6, 6.07) is 12.6. The quantitative estimate of drug-likeness (QED) is 0.769. The third-order valence-electron chi connectivity index (χ3n) is 3.76. The fourth-order valence-electron chi connectivity index (χ4n) is 2.44. The van der Waals surface area contributed by atoms with Gasteiger partial charge in [-0.2, -0.15) is 0 Å². The second-order valence-corrected chi connectivity index (χ2v) is 7.70. The van der Waals surface area contributed by atoms with Gasteiger partial charge in [0.15, 0.2) is 6.10 Å². The summed E-state index contributed by atoms with van der Waals surface area (Å²) < 4.78 is 5.32. The summed E-state index contributed by atoms with van der Waals surface area (Å²) in [6.45, 7) is 1.53. The van der Waals surface area contributed by atoms with Crippen LogP contribution in [0.15, 0.2) is 47.4 Å². The minimum atomic E-state index is -0.927. The third kappa shape index (κ3) is 4.29. The number of thioether (sulfide) groups is 1. The van der Waals surface area contributed by atoms with Crippen LogP contribution in [0.3, 0.4) is 0 Å². The van der Waals surface area contributed by atoms with E-state index in [1.165, 1.54) is 24.8 Å². The number of carbonyl (C=O) groups excluding carboxylic acids is 2. The van der Waals surface area contributed by atoms with E-state index in [2.05, 4.69) is 5.32 Å². The van der Waals surface area contributed by atoms with Crippen LogP contribution in [0.25, 0.3) is 0 Å². The van der Waals surface area contributed by atoms with E-state index in [1.807, 2.05) is 24.3 Å². The molecular formula is C18H15Cl2NO3S. The van der Waals surface area contributed by atoms with E-state index in [0.717, 1.165) is 10.5 Å². The molecule has 0 saturated carbocycles. The SMILES string of the molecule is CC(OC(=O)C1Cc2ccccc2S1)C(=O)Nc1ccc(Cl)cc1Cl. The summed E-state index contributed by atoms with van der Waals surface area (Å²) in [4.78, 5) is 25.6. The van der Waals surface area contributed by atoms with Crippen molar-refractivity contribution in [3.63, 3.8) is 0 Å². The number of anilines is 1. The molecule has 1 N–H and O–H groups in total. The molecule has 1 amide bonds. The number of hydrogen-bond donors (Lipinski definition) is 1. The molecule has 1 aliphatic heterocycles. The molecule has 0 aliphatic carbocycles. The van der Waals surface area contributed by atoms with Crippen LogP contribution in [0, 0.1) is 0 Å². The van der Waals surface area contributed by atoms with Gasteiger partial charge in [0.05, 0.1) is 10.7 Å². The van der Waals surface area contributed by atoms with Gasteiger partial charge >= 0.3 is 5.97 Å². The standard InChI is InChI=1S/C18H15Cl2NO3S/c1-10(17(22)21-14-7-6-12(19)9-13(14)20)24-18(23)16-8-11-4-2-3-5-15(11)25-16/h2-7,9-10,16H,8H2,1H3,(H,21,22). The van der Waals surface area contributed by atoms with Gasteiger partial charge in [-0.25, -0.2) is 0 Å². The Balaban J connectivity index is 1.57. The molecule has 1 heterocycles. The van der Waals surface area contributed by atoms with Crippen molar-refractivity contribution >= 4 is 52.5 Å². The zero-order chi connectivity index (χ0) is 18.0. The molecule has 3 rings (SSSR count). The molecule has 0 aromatic heterocycles. The normalized spacial score (nSPS) is 16.8. The number of amides is 1. The van der Waals surface area contributed by atoms with E-state index in [-0.39, 0.29) is 5.25 Å². The Kier molecular flexibility index (Phi) is 5.57. The second-order valence-electron chi connectivity index (χ2n) is 5.61. The van der Waals surface area contributed by atoms with Gasteiger partial charge in [-0.1, -0.05) is 41.4 Å². The molecule has 0 bridgehead atoms. The largest absolute Gasteiger partial charge is 0.452 e. The maximum absolute atomic E-state index is 12.3. The molecule has 0 radical (unpaired) electrons.